The normalized spacial score (nSPS) is 25.2. The SMILES string of the molecule is CC(C)N(C)C(=O)C1CC(=O)N(C2CCCCC2)C1. The number of amides is 2. The Bertz CT molecular complexity index is 348. The molecule has 1 saturated heterocycles. The van der Waals surface area contributed by atoms with E-state index in [1.165, 1.54) is 19.3 Å². The van der Waals surface area contributed by atoms with Crippen molar-refractivity contribution in [2.45, 2.75) is 64.5 Å². The maximum atomic E-state index is 12.3. The summed E-state index contributed by atoms with van der Waals surface area (Å²) in [4.78, 5) is 28.2. The minimum atomic E-state index is -0.123. The molecule has 4 heteroatoms. The third kappa shape index (κ3) is 3.10. The minimum Gasteiger partial charge on any atom is -0.343 e. The first kappa shape index (κ1) is 14.4. The molecule has 0 spiro atoms. The van der Waals surface area contributed by atoms with Crippen molar-refractivity contribution in [1.29, 1.82) is 0 Å². The molecule has 2 amide bonds. The van der Waals surface area contributed by atoms with Crippen LogP contribution in [0.4, 0.5) is 0 Å². The molecule has 108 valence electrons. The molecule has 4 nitrogen and oxygen atoms in total. The molecule has 1 heterocycles. The second kappa shape index (κ2) is 5.93. The Labute approximate surface area is 116 Å². The van der Waals surface area contributed by atoms with Crippen LogP contribution in [-0.2, 0) is 9.59 Å². The molecule has 1 atom stereocenters. The molecule has 0 aromatic rings. The second-order valence-corrected chi connectivity index (χ2v) is 6.28. The molecule has 1 saturated carbocycles. The second-order valence-electron chi connectivity index (χ2n) is 6.28. The molecule has 1 aliphatic carbocycles. The fraction of sp³-hybridized carbons (Fsp3) is 0.867. The number of hydrogen-bond acceptors (Lipinski definition) is 2. The van der Waals surface area contributed by atoms with Crippen molar-refractivity contribution in [1.82, 2.24) is 9.80 Å². The van der Waals surface area contributed by atoms with Crippen molar-refractivity contribution >= 4 is 11.8 Å². The topological polar surface area (TPSA) is 40.6 Å². The first-order chi connectivity index (χ1) is 9.00. The highest BCUT2D eigenvalue weighted by Crippen LogP contribution is 2.29. The van der Waals surface area contributed by atoms with Crippen LogP contribution in [0, 0.1) is 5.92 Å². The van der Waals surface area contributed by atoms with E-state index >= 15 is 0 Å². The number of rotatable bonds is 3. The van der Waals surface area contributed by atoms with Crippen LogP contribution >= 0.6 is 0 Å². The highest BCUT2D eigenvalue weighted by atomic mass is 16.2. The Hall–Kier alpha value is -1.06. The molecule has 2 fully saturated rings. The van der Waals surface area contributed by atoms with E-state index in [1.807, 2.05) is 25.8 Å². The van der Waals surface area contributed by atoms with E-state index in [0.29, 0.717) is 19.0 Å². The van der Waals surface area contributed by atoms with Gasteiger partial charge in [-0.25, -0.2) is 0 Å². The zero-order valence-electron chi connectivity index (χ0n) is 12.4. The first-order valence-corrected chi connectivity index (χ1v) is 7.57. The van der Waals surface area contributed by atoms with Crippen molar-refractivity contribution in [3.63, 3.8) is 0 Å². The highest BCUT2D eigenvalue weighted by molar-refractivity contribution is 5.89. The highest BCUT2D eigenvalue weighted by Gasteiger charge is 2.39. The number of carbonyl (C=O) groups excluding carboxylic acids is 2. The Kier molecular flexibility index (Phi) is 4.48. The molecule has 0 radical (unpaired) electrons. The lowest BCUT2D eigenvalue weighted by molar-refractivity contribution is -0.136. The molecular formula is C15H26N2O2. The van der Waals surface area contributed by atoms with E-state index in [4.69, 9.17) is 0 Å². The van der Waals surface area contributed by atoms with Gasteiger partial charge in [0.05, 0.1) is 5.92 Å². The van der Waals surface area contributed by atoms with Gasteiger partial charge in [0.2, 0.25) is 11.8 Å². The van der Waals surface area contributed by atoms with Crippen molar-refractivity contribution in [2.24, 2.45) is 5.92 Å². The van der Waals surface area contributed by atoms with Gasteiger partial charge in [-0.15, -0.1) is 0 Å². The van der Waals surface area contributed by atoms with Crippen LogP contribution < -0.4 is 0 Å². The van der Waals surface area contributed by atoms with Crippen molar-refractivity contribution in [3.05, 3.63) is 0 Å². The van der Waals surface area contributed by atoms with E-state index in [1.54, 1.807) is 4.90 Å². The van der Waals surface area contributed by atoms with Crippen LogP contribution in [0.5, 0.6) is 0 Å². The molecule has 0 aromatic heterocycles. The molecule has 19 heavy (non-hydrogen) atoms. The summed E-state index contributed by atoms with van der Waals surface area (Å²) in [6, 6.07) is 0.592. The fourth-order valence-electron chi connectivity index (χ4n) is 3.19. The average Bonchev–Trinajstić information content (AvgIpc) is 2.80. The van der Waals surface area contributed by atoms with Gasteiger partial charge >= 0.3 is 0 Å². The molecule has 2 rings (SSSR count). The van der Waals surface area contributed by atoms with Crippen LogP contribution in [0.3, 0.4) is 0 Å². The van der Waals surface area contributed by atoms with Gasteiger partial charge in [-0.3, -0.25) is 9.59 Å². The molecular weight excluding hydrogens is 240 g/mol. The van der Waals surface area contributed by atoms with E-state index < -0.39 is 0 Å². The Morgan fingerprint density at radius 3 is 2.47 bits per heavy atom. The van der Waals surface area contributed by atoms with Crippen LogP contribution in [-0.4, -0.2) is 47.3 Å². The average molecular weight is 266 g/mol. The summed E-state index contributed by atoms with van der Waals surface area (Å²) in [5.41, 5.74) is 0. The Morgan fingerprint density at radius 1 is 1.26 bits per heavy atom. The quantitative estimate of drug-likeness (QED) is 0.784. The first-order valence-electron chi connectivity index (χ1n) is 7.57. The lowest BCUT2D eigenvalue weighted by Crippen LogP contribution is -2.41. The molecule has 0 bridgehead atoms. The lowest BCUT2D eigenvalue weighted by Gasteiger charge is -2.31. The summed E-state index contributed by atoms with van der Waals surface area (Å²) in [7, 11) is 1.83. The predicted octanol–water partition coefficient (Wildman–Crippen LogP) is 2.03. The number of likely N-dealkylation sites (tertiary alicyclic amines) is 1. The van der Waals surface area contributed by atoms with Gasteiger partial charge < -0.3 is 9.80 Å². The summed E-state index contributed by atoms with van der Waals surface area (Å²) >= 11 is 0. The maximum absolute atomic E-state index is 12.3. The van der Waals surface area contributed by atoms with Gasteiger partial charge in [0.25, 0.3) is 0 Å². The third-order valence-electron chi connectivity index (χ3n) is 4.65. The maximum Gasteiger partial charge on any atom is 0.227 e. The van der Waals surface area contributed by atoms with Crippen molar-refractivity contribution < 1.29 is 9.59 Å². The number of hydrogen-bond donors (Lipinski definition) is 0. The molecule has 0 aromatic carbocycles. The van der Waals surface area contributed by atoms with E-state index in [-0.39, 0.29) is 23.8 Å². The van der Waals surface area contributed by atoms with Crippen molar-refractivity contribution in [2.75, 3.05) is 13.6 Å². The van der Waals surface area contributed by atoms with Gasteiger partial charge in [0.1, 0.15) is 0 Å². The van der Waals surface area contributed by atoms with Gasteiger partial charge in [0, 0.05) is 32.1 Å². The summed E-state index contributed by atoms with van der Waals surface area (Å²) in [5.74, 6) is 0.186. The van der Waals surface area contributed by atoms with E-state index in [2.05, 4.69) is 0 Å². The molecule has 1 aliphatic heterocycles. The van der Waals surface area contributed by atoms with Crippen LogP contribution in [0.1, 0.15) is 52.4 Å². The summed E-state index contributed by atoms with van der Waals surface area (Å²) in [6.45, 7) is 4.65. The number of nitrogens with zero attached hydrogens (tertiary/aromatic N) is 2. The molecule has 0 N–H and O–H groups in total. The zero-order chi connectivity index (χ0) is 14.0. The largest absolute Gasteiger partial charge is 0.343 e. The third-order valence-corrected chi connectivity index (χ3v) is 4.65. The molecule has 2 aliphatic rings. The van der Waals surface area contributed by atoms with Crippen LogP contribution in [0.25, 0.3) is 0 Å². The molecule has 1 unspecified atom stereocenters. The summed E-state index contributed by atoms with van der Waals surface area (Å²) < 4.78 is 0. The summed E-state index contributed by atoms with van der Waals surface area (Å²) in [6.07, 6.45) is 6.38. The Balaban J connectivity index is 1.96. The van der Waals surface area contributed by atoms with Gasteiger partial charge in [-0.2, -0.15) is 0 Å². The van der Waals surface area contributed by atoms with E-state index in [0.717, 1.165) is 12.8 Å². The Morgan fingerprint density at radius 2 is 1.89 bits per heavy atom. The number of carbonyl (C=O) groups is 2. The lowest BCUT2D eigenvalue weighted by atomic mass is 9.94. The van der Waals surface area contributed by atoms with Gasteiger partial charge in [-0.05, 0) is 26.7 Å². The van der Waals surface area contributed by atoms with Crippen molar-refractivity contribution in [3.8, 4) is 0 Å². The predicted molar refractivity (Wildman–Crippen MR) is 74.6 cm³/mol. The van der Waals surface area contributed by atoms with E-state index in [9.17, 15) is 9.59 Å². The summed E-state index contributed by atoms with van der Waals surface area (Å²) in [5, 5.41) is 0. The monoisotopic (exact) mass is 266 g/mol. The van der Waals surface area contributed by atoms with Crippen LogP contribution in [0.15, 0.2) is 0 Å². The smallest absolute Gasteiger partial charge is 0.227 e. The fourth-order valence-corrected chi connectivity index (χ4v) is 3.19. The van der Waals surface area contributed by atoms with Crippen LogP contribution in [0.2, 0.25) is 0 Å². The van der Waals surface area contributed by atoms with Gasteiger partial charge in [-0.1, -0.05) is 19.3 Å². The standard InChI is InChI=1S/C15H26N2O2/c1-11(2)16(3)15(19)12-9-14(18)17(10-12)13-7-5-4-6-8-13/h11-13H,4-10H2,1-3H3. The zero-order valence-corrected chi connectivity index (χ0v) is 12.4. The minimum absolute atomic E-state index is 0.123. The van der Waals surface area contributed by atoms with Gasteiger partial charge in [0.15, 0.2) is 0 Å².